The predicted molar refractivity (Wildman–Crippen MR) is 147 cm³/mol. The highest BCUT2D eigenvalue weighted by molar-refractivity contribution is 6.36. The van der Waals surface area contributed by atoms with E-state index in [1.807, 2.05) is 41.3 Å². The first-order valence-corrected chi connectivity index (χ1v) is 12.9. The summed E-state index contributed by atoms with van der Waals surface area (Å²) >= 11 is 18.7. The molecule has 10 heteroatoms. The van der Waals surface area contributed by atoms with Crippen LogP contribution in [0.4, 0.5) is 5.82 Å². The molecule has 1 aliphatic rings. The number of anilines is 1. The van der Waals surface area contributed by atoms with E-state index in [1.54, 1.807) is 22.8 Å². The van der Waals surface area contributed by atoms with Crippen molar-refractivity contribution in [1.82, 2.24) is 19.5 Å². The molecule has 3 heterocycles. The average Bonchev–Trinajstić information content (AvgIpc) is 3.25. The SMILES string of the molecule is [B]c1cnn2c(NCC3CCCN(C(=O)Cc4ccc(Cl)cc4Cl)C3)cc(-c3ccccc3Cl)nc12. The summed E-state index contributed by atoms with van der Waals surface area (Å²) in [4.78, 5) is 19.6. The predicted octanol–water partition coefficient (Wildman–Crippen LogP) is 5.04. The van der Waals surface area contributed by atoms with Gasteiger partial charge >= 0.3 is 0 Å². The van der Waals surface area contributed by atoms with Crippen molar-refractivity contribution in [2.45, 2.75) is 19.3 Å². The second-order valence-electron chi connectivity index (χ2n) is 8.98. The molecule has 36 heavy (non-hydrogen) atoms. The zero-order valence-corrected chi connectivity index (χ0v) is 21.7. The fourth-order valence-corrected chi connectivity index (χ4v) is 5.27. The van der Waals surface area contributed by atoms with Gasteiger partial charge in [0.05, 0.1) is 12.1 Å². The normalized spacial score (nSPS) is 15.9. The molecule has 4 aromatic rings. The molecule has 2 aromatic carbocycles. The summed E-state index contributed by atoms with van der Waals surface area (Å²) in [5.74, 6) is 1.11. The summed E-state index contributed by atoms with van der Waals surface area (Å²) in [6.45, 7) is 2.09. The van der Waals surface area contributed by atoms with E-state index in [1.165, 1.54) is 0 Å². The van der Waals surface area contributed by atoms with Crippen molar-refractivity contribution < 1.29 is 4.79 Å². The number of amides is 1. The lowest BCUT2D eigenvalue weighted by molar-refractivity contribution is -0.132. The first kappa shape index (κ1) is 24.9. The van der Waals surface area contributed by atoms with Crippen LogP contribution in [0.15, 0.2) is 54.7 Å². The van der Waals surface area contributed by atoms with Crippen molar-refractivity contribution in [2.75, 3.05) is 25.0 Å². The number of piperidine rings is 1. The molecule has 1 N–H and O–H groups in total. The first-order chi connectivity index (χ1) is 17.4. The molecule has 182 valence electrons. The van der Waals surface area contributed by atoms with Gasteiger partial charge in [-0.1, -0.05) is 59.1 Å². The highest BCUT2D eigenvalue weighted by atomic mass is 35.5. The van der Waals surface area contributed by atoms with E-state index in [0.29, 0.717) is 45.0 Å². The maximum Gasteiger partial charge on any atom is 0.227 e. The number of benzene rings is 2. The maximum atomic E-state index is 13.0. The fraction of sp³-hybridized carbons (Fsp3) is 0.269. The van der Waals surface area contributed by atoms with Crippen molar-refractivity contribution in [2.24, 2.45) is 5.92 Å². The Morgan fingerprint density at radius 3 is 2.75 bits per heavy atom. The van der Waals surface area contributed by atoms with Crippen LogP contribution in [0.25, 0.3) is 16.9 Å². The van der Waals surface area contributed by atoms with Crippen LogP contribution in [0.1, 0.15) is 18.4 Å². The third-order valence-electron chi connectivity index (χ3n) is 6.45. The molecule has 0 aliphatic carbocycles. The summed E-state index contributed by atoms with van der Waals surface area (Å²) < 4.78 is 1.70. The Bertz CT molecular complexity index is 1430. The van der Waals surface area contributed by atoms with Crippen LogP contribution in [0.2, 0.25) is 15.1 Å². The first-order valence-electron chi connectivity index (χ1n) is 11.7. The van der Waals surface area contributed by atoms with Crippen LogP contribution in [-0.2, 0) is 11.2 Å². The molecule has 5 rings (SSSR count). The molecule has 1 saturated heterocycles. The molecular formula is C26H23BCl3N5O. The lowest BCUT2D eigenvalue weighted by atomic mass is 9.97. The minimum Gasteiger partial charge on any atom is -0.370 e. The van der Waals surface area contributed by atoms with E-state index in [2.05, 4.69) is 15.4 Å². The highest BCUT2D eigenvalue weighted by Gasteiger charge is 2.24. The minimum atomic E-state index is 0.0658. The molecule has 1 amide bonds. The smallest absolute Gasteiger partial charge is 0.227 e. The Balaban J connectivity index is 1.30. The van der Waals surface area contributed by atoms with Crippen LogP contribution in [-0.4, -0.2) is 52.9 Å². The molecule has 2 radical (unpaired) electrons. The Kier molecular flexibility index (Phi) is 7.42. The van der Waals surface area contributed by atoms with E-state index in [4.69, 9.17) is 42.6 Å². The van der Waals surface area contributed by atoms with Gasteiger partial charge in [-0.05, 0) is 48.0 Å². The number of carbonyl (C=O) groups is 1. The zero-order valence-electron chi connectivity index (χ0n) is 19.4. The number of nitrogens with zero attached hydrogens (tertiary/aromatic N) is 4. The molecule has 6 nitrogen and oxygen atoms in total. The van der Waals surface area contributed by atoms with Gasteiger partial charge in [0.25, 0.3) is 0 Å². The van der Waals surface area contributed by atoms with Crippen LogP contribution in [0, 0.1) is 5.92 Å². The number of likely N-dealkylation sites (tertiary alicyclic amines) is 1. The third kappa shape index (κ3) is 5.34. The van der Waals surface area contributed by atoms with Gasteiger partial charge in [0, 0.05) is 52.5 Å². The van der Waals surface area contributed by atoms with Gasteiger partial charge in [-0.15, -0.1) is 0 Å². The molecule has 0 bridgehead atoms. The van der Waals surface area contributed by atoms with E-state index in [0.717, 1.165) is 36.3 Å². The Morgan fingerprint density at radius 2 is 1.94 bits per heavy atom. The molecular weight excluding hydrogens is 515 g/mol. The van der Waals surface area contributed by atoms with Crippen LogP contribution < -0.4 is 10.8 Å². The van der Waals surface area contributed by atoms with Gasteiger partial charge in [0.15, 0.2) is 5.65 Å². The number of rotatable bonds is 6. The van der Waals surface area contributed by atoms with Gasteiger partial charge < -0.3 is 10.2 Å². The van der Waals surface area contributed by atoms with Crippen molar-refractivity contribution in [3.63, 3.8) is 0 Å². The Hall–Kier alpha value is -2.74. The van der Waals surface area contributed by atoms with Crippen LogP contribution >= 0.6 is 34.8 Å². The molecule has 0 saturated carbocycles. The van der Waals surface area contributed by atoms with Crippen LogP contribution in [0.3, 0.4) is 0 Å². The second-order valence-corrected chi connectivity index (χ2v) is 10.2. The largest absolute Gasteiger partial charge is 0.370 e. The summed E-state index contributed by atoms with van der Waals surface area (Å²) in [5, 5.41) is 9.59. The molecule has 1 unspecified atom stereocenters. The van der Waals surface area contributed by atoms with E-state index >= 15 is 0 Å². The Labute approximate surface area is 226 Å². The van der Waals surface area contributed by atoms with Gasteiger partial charge in [0.1, 0.15) is 13.7 Å². The van der Waals surface area contributed by atoms with E-state index in [-0.39, 0.29) is 18.2 Å². The quantitative estimate of drug-likeness (QED) is 0.349. The third-order valence-corrected chi connectivity index (χ3v) is 7.37. The van der Waals surface area contributed by atoms with Crippen molar-refractivity contribution in [3.05, 3.63) is 75.4 Å². The fourth-order valence-electron chi connectivity index (χ4n) is 4.56. The number of fused-ring (bicyclic) bond motifs is 1. The number of hydrogen-bond donors (Lipinski definition) is 1. The molecule has 1 atom stereocenters. The lowest BCUT2D eigenvalue weighted by Crippen LogP contribution is -2.42. The average molecular weight is 539 g/mol. The minimum absolute atomic E-state index is 0.0658. The molecule has 1 aliphatic heterocycles. The maximum absolute atomic E-state index is 13.0. The highest BCUT2D eigenvalue weighted by Crippen LogP contribution is 2.29. The van der Waals surface area contributed by atoms with Gasteiger partial charge in [0.2, 0.25) is 5.91 Å². The summed E-state index contributed by atoms with van der Waals surface area (Å²) in [6.07, 6.45) is 3.81. The van der Waals surface area contributed by atoms with E-state index < -0.39 is 0 Å². The van der Waals surface area contributed by atoms with E-state index in [9.17, 15) is 4.79 Å². The van der Waals surface area contributed by atoms with Crippen LogP contribution in [0.5, 0.6) is 0 Å². The second kappa shape index (κ2) is 10.7. The summed E-state index contributed by atoms with van der Waals surface area (Å²) in [6, 6.07) is 14.7. The molecule has 1 fully saturated rings. The number of halogens is 3. The van der Waals surface area contributed by atoms with Crippen molar-refractivity contribution in [3.8, 4) is 11.3 Å². The number of nitrogens with one attached hydrogen (secondary N) is 1. The van der Waals surface area contributed by atoms with Gasteiger partial charge in [-0.3, -0.25) is 4.79 Å². The number of hydrogen-bond acceptors (Lipinski definition) is 4. The standard InChI is InChI=1S/C26H23BCl3N5O/c27-20-14-32-35-24(12-23(33-26(20)35)19-5-1-2-6-21(19)29)31-13-16-4-3-9-34(15-16)25(36)10-17-7-8-18(28)11-22(17)30/h1-2,5-8,11-12,14,16,31H,3-4,9-10,13,15H2. The molecule has 0 spiro atoms. The van der Waals surface area contributed by atoms with Gasteiger partial charge in [-0.25, -0.2) is 4.98 Å². The monoisotopic (exact) mass is 537 g/mol. The lowest BCUT2D eigenvalue weighted by Gasteiger charge is -2.33. The number of aromatic nitrogens is 3. The molecule has 2 aromatic heterocycles. The summed E-state index contributed by atoms with van der Waals surface area (Å²) in [7, 11) is 6.14. The van der Waals surface area contributed by atoms with Crippen molar-refractivity contribution in [1.29, 1.82) is 0 Å². The topological polar surface area (TPSA) is 62.5 Å². The van der Waals surface area contributed by atoms with Crippen molar-refractivity contribution >= 4 is 65.5 Å². The van der Waals surface area contributed by atoms with Gasteiger partial charge in [-0.2, -0.15) is 9.61 Å². The zero-order chi connectivity index (χ0) is 25.2. The summed E-state index contributed by atoms with van der Waals surface area (Å²) in [5.41, 5.74) is 3.37. The Morgan fingerprint density at radius 1 is 1.11 bits per heavy atom. The number of carbonyl (C=O) groups excluding carboxylic acids is 1.